The number of ether oxygens (including phenoxy) is 2. The number of benzene rings is 3. The van der Waals surface area contributed by atoms with Crippen LogP contribution < -0.4 is 14.8 Å². The summed E-state index contributed by atoms with van der Waals surface area (Å²) in [5, 5.41) is 7.18. The van der Waals surface area contributed by atoms with Crippen molar-refractivity contribution in [3.05, 3.63) is 102 Å². The lowest BCUT2D eigenvalue weighted by molar-refractivity contribution is -0.119. The molecular weight excluding hydrogens is 458 g/mol. The average molecular weight is 482 g/mol. The van der Waals surface area contributed by atoms with Crippen LogP contribution in [-0.4, -0.2) is 45.3 Å². The summed E-state index contributed by atoms with van der Waals surface area (Å²) in [5.41, 5.74) is 3.73. The molecule has 2 atom stereocenters. The maximum atomic E-state index is 13.8. The fourth-order valence-corrected chi connectivity index (χ4v) is 4.89. The van der Waals surface area contributed by atoms with Crippen LogP contribution in [0, 0.1) is 0 Å². The monoisotopic (exact) mass is 481 g/mol. The first-order valence-electron chi connectivity index (χ1n) is 11.6. The first-order chi connectivity index (χ1) is 17.6. The maximum Gasteiger partial charge on any atom is 0.254 e. The van der Waals surface area contributed by atoms with Gasteiger partial charge in [-0.15, -0.1) is 0 Å². The number of nitrogens with one attached hydrogen (secondary N) is 1. The van der Waals surface area contributed by atoms with Crippen LogP contribution in [-0.2, 0) is 11.3 Å². The lowest BCUT2D eigenvalue weighted by atomic mass is 9.79. The zero-order valence-corrected chi connectivity index (χ0v) is 19.5. The minimum Gasteiger partial charge on any atom is -0.454 e. The molecule has 0 fully saturated rings. The number of nitrogens with zero attached hydrogens (tertiary/aromatic N) is 4. The van der Waals surface area contributed by atoms with Gasteiger partial charge in [0.2, 0.25) is 12.7 Å². The van der Waals surface area contributed by atoms with Gasteiger partial charge in [0.1, 0.15) is 12.7 Å². The third kappa shape index (κ3) is 3.84. The second-order valence-corrected chi connectivity index (χ2v) is 8.82. The molecule has 2 aliphatic rings. The highest BCUT2D eigenvalue weighted by atomic mass is 16.7. The third-order valence-corrected chi connectivity index (χ3v) is 6.63. The van der Waals surface area contributed by atoms with Gasteiger partial charge in [0.15, 0.2) is 11.5 Å². The van der Waals surface area contributed by atoms with Crippen LogP contribution in [0.4, 0.5) is 5.69 Å². The van der Waals surface area contributed by atoms with Crippen LogP contribution in [0.25, 0.3) is 0 Å². The number of carbonyl (C=O) groups is 2. The Bertz CT molecular complexity index is 1440. The molecule has 3 aromatic carbocycles. The third-order valence-electron chi connectivity index (χ3n) is 6.63. The van der Waals surface area contributed by atoms with E-state index in [9.17, 15) is 9.59 Å². The van der Waals surface area contributed by atoms with Gasteiger partial charge < -0.3 is 19.7 Å². The van der Waals surface area contributed by atoms with E-state index in [1.165, 1.54) is 6.33 Å². The number of carbonyl (C=O) groups excluding carboxylic acids is 2. The Morgan fingerprint density at radius 1 is 1.06 bits per heavy atom. The summed E-state index contributed by atoms with van der Waals surface area (Å²) >= 11 is 0. The second kappa shape index (κ2) is 8.84. The highest BCUT2D eigenvalue weighted by Gasteiger charge is 2.43. The maximum absolute atomic E-state index is 13.8. The predicted molar refractivity (Wildman–Crippen MR) is 131 cm³/mol. The number of hydrogen-bond donors (Lipinski definition) is 1. The Hall–Kier alpha value is -4.66. The van der Waals surface area contributed by atoms with E-state index in [1.807, 2.05) is 60.7 Å². The van der Waals surface area contributed by atoms with Crippen molar-refractivity contribution in [3.63, 3.8) is 0 Å². The molecule has 2 amide bonds. The van der Waals surface area contributed by atoms with Crippen LogP contribution in [0.15, 0.2) is 79.4 Å². The van der Waals surface area contributed by atoms with E-state index in [0.717, 1.165) is 11.1 Å². The minimum absolute atomic E-state index is 0.130. The van der Waals surface area contributed by atoms with Gasteiger partial charge in [0.05, 0.1) is 18.5 Å². The van der Waals surface area contributed by atoms with E-state index in [1.54, 1.807) is 29.0 Å². The lowest BCUT2D eigenvalue weighted by Gasteiger charge is -2.39. The van der Waals surface area contributed by atoms with Crippen molar-refractivity contribution < 1.29 is 19.1 Å². The molecule has 2 aliphatic heterocycles. The van der Waals surface area contributed by atoms with Gasteiger partial charge in [0, 0.05) is 18.3 Å². The Labute approximate surface area is 207 Å². The van der Waals surface area contributed by atoms with Crippen LogP contribution in [0.1, 0.15) is 39.0 Å². The molecule has 0 aliphatic carbocycles. The molecular formula is C27H23N5O4. The Kier molecular flexibility index (Phi) is 5.37. The number of anilines is 1. The molecule has 0 bridgehead atoms. The largest absolute Gasteiger partial charge is 0.454 e. The Morgan fingerprint density at radius 3 is 2.67 bits per heavy atom. The summed E-state index contributed by atoms with van der Waals surface area (Å²) in [6, 6.07) is 19.9. The SMILES string of the molecule is CN1C(=O)c2ccccc2[C@H](C(=O)Nc2ccc(Cn3cncn3)cc2)[C@@H]1c1ccc2c(c1)OCO2. The quantitative estimate of drug-likeness (QED) is 0.468. The Balaban J connectivity index is 1.33. The van der Waals surface area contributed by atoms with Gasteiger partial charge in [-0.05, 0) is 47.0 Å². The average Bonchev–Trinajstić information content (AvgIpc) is 3.59. The number of aromatic nitrogens is 3. The minimum atomic E-state index is -0.626. The molecule has 0 spiro atoms. The molecule has 0 radical (unpaired) electrons. The van der Waals surface area contributed by atoms with E-state index in [-0.39, 0.29) is 18.6 Å². The zero-order valence-electron chi connectivity index (χ0n) is 19.5. The van der Waals surface area contributed by atoms with Crippen molar-refractivity contribution in [2.24, 2.45) is 0 Å². The topological polar surface area (TPSA) is 98.6 Å². The van der Waals surface area contributed by atoms with E-state index in [0.29, 0.717) is 34.9 Å². The van der Waals surface area contributed by atoms with E-state index in [4.69, 9.17) is 9.47 Å². The van der Waals surface area contributed by atoms with Crippen molar-refractivity contribution in [1.82, 2.24) is 19.7 Å². The van der Waals surface area contributed by atoms with Crippen LogP contribution >= 0.6 is 0 Å². The fourth-order valence-electron chi connectivity index (χ4n) is 4.89. The first kappa shape index (κ1) is 21.8. The number of hydrogen-bond acceptors (Lipinski definition) is 6. The van der Waals surface area contributed by atoms with Gasteiger partial charge in [-0.25, -0.2) is 9.67 Å². The van der Waals surface area contributed by atoms with Crippen molar-refractivity contribution in [3.8, 4) is 11.5 Å². The molecule has 4 aromatic rings. The number of amides is 2. The van der Waals surface area contributed by atoms with Gasteiger partial charge in [-0.3, -0.25) is 9.59 Å². The van der Waals surface area contributed by atoms with Gasteiger partial charge in [-0.1, -0.05) is 36.4 Å². The number of rotatable bonds is 5. The van der Waals surface area contributed by atoms with Gasteiger partial charge in [-0.2, -0.15) is 5.10 Å². The molecule has 0 saturated carbocycles. The van der Waals surface area contributed by atoms with Crippen molar-refractivity contribution in [2.75, 3.05) is 19.2 Å². The summed E-state index contributed by atoms with van der Waals surface area (Å²) in [6.45, 7) is 0.737. The van der Waals surface area contributed by atoms with Gasteiger partial charge in [0.25, 0.3) is 5.91 Å². The highest BCUT2D eigenvalue weighted by molar-refractivity contribution is 6.04. The molecule has 9 heteroatoms. The van der Waals surface area contributed by atoms with E-state index >= 15 is 0 Å². The van der Waals surface area contributed by atoms with Crippen molar-refractivity contribution >= 4 is 17.5 Å². The standard InChI is InChI=1S/C27H23N5O4/c1-31-25(18-8-11-22-23(12-18)36-16-35-22)24(20-4-2-3-5-21(20)27(31)34)26(33)30-19-9-6-17(7-10-19)13-32-15-28-14-29-32/h2-12,14-15,24-25H,13,16H2,1H3,(H,30,33)/t24-,25-/m0/s1. The molecule has 0 unspecified atom stereocenters. The lowest BCUT2D eigenvalue weighted by Crippen LogP contribution is -2.44. The van der Waals surface area contributed by atoms with Crippen molar-refractivity contribution in [2.45, 2.75) is 18.5 Å². The van der Waals surface area contributed by atoms with Crippen LogP contribution in [0.2, 0.25) is 0 Å². The van der Waals surface area contributed by atoms with E-state index in [2.05, 4.69) is 15.4 Å². The predicted octanol–water partition coefficient (Wildman–Crippen LogP) is 3.60. The molecule has 1 N–H and O–H groups in total. The molecule has 1 aromatic heterocycles. The fraction of sp³-hybridized carbons (Fsp3) is 0.185. The summed E-state index contributed by atoms with van der Waals surface area (Å²) in [6.07, 6.45) is 3.15. The molecule has 9 nitrogen and oxygen atoms in total. The zero-order chi connectivity index (χ0) is 24.6. The summed E-state index contributed by atoms with van der Waals surface area (Å²) in [4.78, 5) is 32.7. The van der Waals surface area contributed by atoms with Crippen LogP contribution in [0.3, 0.4) is 0 Å². The molecule has 180 valence electrons. The van der Waals surface area contributed by atoms with Crippen molar-refractivity contribution in [1.29, 1.82) is 0 Å². The summed E-state index contributed by atoms with van der Waals surface area (Å²) in [5.74, 6) is 0.299. The van der Waals surface area contributed by atoms with Gasteiger partial charge >= 0.3 is 0 Å². The number of likely N-dealkylation sites (N-methyl/N-ethyl adjacent to an activating group) is 1. The smallest absolute Gasteiger partial charge is 0.254 e. The summed E-state index contributed by atoms with van der Waals surface area (Å²) < 4.78 is 12.7. The molecule has 3 heterocycles. The first-order valence-corrected chi connectivity index (χ1v) is 11.6. The summed E-state index contributed by atoms with van der Waals surface area (Å²) in [7, 11) is 1.73. The molecule has 36 heavy (non-hydrogen) atoms. The second-order valence-electron chi connectivity index (χ2n) is 8.82. The molecule has 6 rings (SSSR count). The highest BCUT2D eigenvalue weighted by Crippen LogP contribution is 2.45. The normalized spacial score (nSPS) is 18.1. The molecule has 0 saturated heterocycles. The number of fused-ring (bicyclic) bond motifs is 2. The van der Waals surface area contributed by atoms with Crippen LogP contribution in [0.5, 0.6) is 11.5 Å². The van der Waals surface area contributed by atoms with E-state index < -0.39 is 12.0 Å². The Morgan fingerprint density at radius 2 is 1.86 bits per heavy atom.